The maximum absolute atomic E-state index is 13.0. The zero-order valence-corrected chi connectivity index (χ0v) is 15.8. The molecular weight excluding hydrogens is 348 g/mol. The molecule has 0 bridgehead atoms. The van der Waals surface area contributed by atoms with E-state index in [1.165, 1.54) is 10.4 Å². The number of aromatic nitrogens is 1. The minimum absolute atomic E-state index is 0.00318. The van der Waals surface area contributed by atoms with Crippen LogP contribution in [0.25, 0.3) is 11.3 Å². The summed E-state index contributed by atoms with van der Waals surface area (Å²) in [6.45, 7) is 1.78. The number of sulfonamides is 1. The average molecular weight is 370 g/mol. The van der Waals surface area contributed by atoms with Crippen molar-refractivity contribution in [1.82, 2.24) is 14.2 Å². The Labute approximate surface area is 154 Å². The lowest BCUT2D eigenvalue weighted by Gasteiger charge is -2.34. The number of hydrogen-bond acceptors (Lipinski definition) is 5. The van der Waals surface area contributed by atoms with Gasteiger partial charge in [-0.05, 0) is 57.2 Å². The number of likely N-dealkylation sites (tertiary alicyclic amines) is 1. The molecule has 1 aliphatic heterocycles. The Bertz CT molecular complexity index is 911. The number of pyridine rings is 1. The quantitative estimate of drug-likeness (QED) is 0.825. The highest BCUT2D eigenvalue weighted by molar-refractivity contribution is 7.89. The molecule has 1 saturated heterocycles. The minimum atomic E-state index is -3.65. The molecular formula is C19H22N4O2S. The van der Waals surface area contributed by atoms with Crippen molar-refractivity contribution in [3.63, 3.8) is 0 Å². The molecule has 2 aromatic rings. The molecule has 1 aliphatic rings. The number of rotatable bonds is 4. The number of piperidine rings is 1. The summed E-state index contributed by atoms with van der Waals surface area (Å²) in [5.41, 5.74) is 1.91. The van der Waals surface area contributed by atoms with Crippen LogP contribution in [-0.2, 0) is 10.0 Å². The number of benzene rings is 1. The van der Waals surface area contributed by atoms with Crippen molar-refractivity contribution in [1.29, 1.82) is 5.26 Å². The minimum Gasteiger partial charge on any atom is -0.306 e. The summed E-state index contributed by atoms with van der Waals surface area (Å²) in [6.07, 6.45) is 1.64. The second kappa shape index (κ2) is 7.54. The number of hydrogen-bond donors (Lipinski definition) is 0. The molecule has 0 spiro atoms. The van der Waals surface area contributed by atoms with Gasteiger partial charge in [-0.25, -0.2) is 13.4 Å². The van der Waals surface area contributed by atoms with Crippen molar-refractivity contribution in [2.75, 3.05) is 27.2 Å². The summed E-state index contributed by atoms with van der Waals surface area (Å²) >= 11 is 0. The molecule has 3 rings (SSSR count). The van der Waals surface area contributed by atoms with E-state index in [9.17, 15) is 8.42 Å². The molecule has 26 heavy (non-hydrogen) atoms. The Morgan fingerprint density at radius 3 is 2.42 bits per heavy atom. The Balaban J connectivity index is 1.87. The SMILES string of the molecule is CN1CCC(N(C)S(=O)(=O)c2cccc(-c3ccc(C#N)cc3)n2)CC1. The molecule has 1 fully saturated rings. The normalized spacial score (nSPS) is 16.5. The molecule has 0 atom stereocenters. The largest absolute Gasteiger partial charge is 0.306 e. The molecule has 1 aromatic carbocycles. The zero-order valence-electron chi connectivity index (χ0n) is 15.0. The van der Waals surface area contributed by atoms with Crippen LogP contribution in [0.1, 0.15) is 18.4 Å². The van der Waals surface area contributed by atoms with Crippen molar-refractivity contribution in [3.8, 4) is 17.3 Å². The summed E-state index contributed by atoms with van der Waals surface area (Å²) in [6, 6.07) is 14.0. The molecule has 0 unspecified atom stereocenters. The highest BCUT2D eigenvalue weighted by atomic mass is 32.2. The van der Waals surface area contributed by atoms with E-state index in [-0.39, 0.29) is 11.1 Å². The third-order valence-corrected chi connectivity index (χ3v) is 6.69. The first-order valence-electron chi connectivity index (χ1n) is 8.56. The van der Waals surface area contributed by atoms with E-state index in [2.05, 4.69) is 16.0 Å². The van der Waals surface area contributed by atoms with Gasteiger partial charge in [-0.3, -0.25) is 0 Å². The van der Waals surface area contributed by atoms with Gasteiger partial charge in [0.1, 0.15) is 0 Å². The van der Waals surface area contributed by atoms with Crippen molar-refractivity contribution in [2.45, 2.75) is 23.9 Å². The first-order valence-corrected chi connectivity index (χ1v) is 10.00. The monoisotopic (exact) mass is 370 g/mol. The smallest absolute Gasteiger partial charge is 0.260 e. The van der Waals surface area contributed by atoms with Crippen molar-refractivity contribution < 1.29 is 8.42 Å². The molecule has 0 amide bonds. The standard InChI is InChI=1S/C19H22N4O2S/c1-22-12-10-17(11-13-22)23(2)26(24,25)19-5-3-4-18(21-19)16-8-6-15(14-20)7-9-16/h3-9,17H,10-13H2,1-2H3. The first-order chi connectivity index (χ1) is 12.4. The van der Waals surface area contributed by atoms with Crippen LogP contribution in [0.3, 0.4) is 0 Å². The summed E-state index contributed by atoms with van der Waals surface area (Å²) in [4.78, 5) is 6.59. The van der Waals surface area contributed by atoms with Crippen LogP contribution in [0.2, 0.25) is 0 Å². The van der Waals surface area contributed by atoms with Gasteiger partial charge in [0.2, 0.25) is 0 Å². The molecule has 0 N–H and O–H groups in total. The number of nitrogens with zero attached hydrogens (tertiary/aromatic N) is 4. The van der Waals surface area contributed by atoms with Crippen LogP contribution in [-0.4, -0.2) is 55.8 Å². The van der Waals surface area contributed by atoms with Gasteiger partial charge in [0, 0.05) is 18.7 Å². The molecule has 6 nitrogen and oxygen atoms in total. The second-order valence-corrected chi connectivity index (χ2v) is 8.55. The van der Waals surface area contributed by atoms with Gasteiger partial charge in [0.25, 0.3) is 10.0 Å². The van der Waals surface area contributed by atoms with Crippen molar-refractivity contribution >= 4 is 10.0 Å². The van der Waals surface area contributed by atoms with E-state index >= 15 is 0 Å². The third-order valence-electron chi connectivity index (χ3n) is 4.88. The maximum atomic E-state index is 13.0. The van der Waals surface area contributed by atoms with Crippen LogP contribution in [0.5, 0.6) is 0 Å². The highest BCUT2D eigenvalue weighted by Gasteiger charge is 2.31. The highest BCUT2D eigenvalue weighted by Crippen LogP contribution is 2.24. The fraction of sp³-hybridized carbons (Fsp3) is 0.368. The third kappa shape index (κ3) is 3.78. The number of nitriles is 1. The van der Waals surface area contributed by atoms with Crippen LogP contribution in [0, 0.1) is 11.3 Å². The Morgan fingerprint density at radius 1 is 1.15 bits per heavy atom. The van der Waals surface area contributed by atoms with E-state index in [0.717, 1.165) is 31.5 Å². The summed E-state index contributed by atoms with van der Waals surface area (Å²) in [7, 11) is 0.0411. The van der Waals surface area contributed by atoms with Gasteiger partial charge in [0.05, 0.1) is 17.3 Å². The van der Waals surface area contributed by atoms with Crippen LogP contribution >= 0.6 is 0 Å². The van der Waals surface area contributed by atoms with Gasteiger partial charge in [0.15, 0.2) is 5.03 Å². The zero-order chi connectivity index (χ0) is 18.7. The van der Waals surface area contributed by atoms with Gasteiger partial charge >= 0.3 is 0 Å². The summed E-state index contributed by atoms with van der Waals surface area (Å²) in [5, 5.41) is 8.95. The molecule has 7 heteroatoms. The summed E-state index contributed by atoms with van der Waals surface area (Å²) < 4.78 is 27.5. The average Bonchev–Trinajstić information content (AvgIpc) is 2.68. The van der Waals surface area contributed by atoms with Crippen molar-refractivity contribution in [3.05, 3.63) is 48.0 Å². The molecule has 1 aromatic heterocycles. The predicted octanol–water partition coefficient (Wildman–Crippen LogP) is 2.33. The topological polar surface area (TPSA) is 77.3 Å². The molecule has 0 radical (unpaired) electrons. The lowest BCUT2D eigenvalue weighted by molar-refractivity contribution is 0.197. The summed E-state index contributed by atoms with van der Waals surface area (Å²) in [5.74, 6) is 0. The van der Waals surface area contributed by atoms with Crippen LogP contribution in [0.15, 0.2) is 47.5 Å². The van der Waals surface area contributed by atoms with E-state index in [0.29, 0.717) is 11.3 Å². The lowest BCUT2D eigenvalue weighted by Crippen LogP contribution is -2.44. The van der Waals surface area contributed by atoms with E-state index in [1.54, 1.807) is 43.4 Å². The molecule has 0 saturated carbocycles. The Kier molecular flexibility index (Phi) is 5.37. The van der Waals surface area contributed by atoms with Crippen LogP contribution in [0.4, 0.5) is 0 Å². The van der Waals surface area contributed by atoms with Gasteiger partial charge in [-0.15, -0.1) is 0 Å². The maximum Gasteiger partial charge on any atom is 0.260 e. The van der Waals surface area contributed by atoms with Crippen LogP contribution < -0.4 is 0 Å². The molecule has 0 aliphatic carbocycles. The van der Waals surface area contributed by atoms with Gasteiger partial charge < -0.3 is 4.90 Å². The van der Waals surface area contributed by atoms with E-state index in [4.69, 9.17) is 5.26 Å². The van der Waals surface area contributed by atoms with Gasteiger partial charge in [-0.2, -0.15) is 9.57 Å². The Hall–Kier alpha value is -2.27. The van der Waals surface area contributed by atoms with E-state index < -0.39 is 10.0 Å². The molecule has 136 valence electrons. The van der Waals surface area contributed by atoms with Crippen molar-refractivity contribution in [2.24, 2.45) is 0 Å². The van der Waals surface area contributed by atoms with Gasteiger partial charge in [-0.1, -0.05) is 18.2 Å². The predicted molar refractivity (Wildman–Crippen MR) is 99.9 cm³/mol. The van der Waals surface area contributed by atoms with E-state index in [1.807, 2.05) is 7.05 Å². The first kappa shape index (κ1) is 18.5. The molecule has 2 heterocycles. The fourth-order valence-corrected chi connectivity index (χ4v) is 4.50. The lowest BCUT2D eigenvalue weighted by atomic mass is 10.1. The second-order valence-electron chi connectivity index (χ2n) is 6.61. The Morgan fingerprint density at radius 2 is 1.81 bits per heavy atom. The fourth-order valence-electron chi connectivity index (χ4n) is 3.14.